The number of nitriles is 1. The van der Waals surface area contributed by atoms with Crippen LogP contribution in [0.1, 0.15) is 5.69 Å². The van der Waals surface area contributed by atoms with Crippen LogP contribution in [-0.2, 0) is 0 Å². The molecule has 0 saturated heterocycles. The number of aromatic nitrogens is 1. The zero-order valence-electron chi connectivity index (χ0n) is 10.2. The van der Waals surface area contributed by atoms with Gasteiger partial charge in [-0.2, -0.15) is 5.26 Å². The number of ether oxygens (including phenoxy) is 2. The van der Waals surface area contributed by atoms with E-state index in [4.69, 9.17) is 14.7 Å². The highest BCUT2D eigenvalue weighted by atomic mass is 16.5. The lowest BCUT2D eigenvalue weighted by molar-refractivity contribution is 0.355. The summed E-state index contributed by atoms with van der Waals surface area (Å²) in [6.07, 6.45) is 0. The Hall–Kier alpha value is -2.54. The Balaban J connectivity index is 2.48. The minimum atomic E-state index is 0.391. The summed E-state index contributed by atoms with van der Waals surface area (Å²) in [5.74, 6) is 1.30. The van der Waals surface area contributed by atoms with Gasteiger partial charge in [0, 0.05) is 5.56 Å². The Morgan fingerprint density at radius 1 is 1.06 bits per heavy atom. The molecule has 0 fully saturated rings. The molecule has 1 heterocycles. The summed E-state index contributed by atoms with van der Waals surface area (Å²) in [5, 5.41) is 8.83. The summed E-state index contributed by atoms with van der Waals surface area (Å²) in [7, 11) is 3.17. The third kappa shape index (κ3) is 2.25. The monoisotopic (exact) mass is 240 g/mol. The first-order chi connectivity index (χ1) is 8.78. The van der Waals surface area contributed by atoms with Crippen LogP contribution < -0.4 is 9.47 Å². The second-order valence-corrected chi connectivity index (χ2v) is 3.59. The molecule has 0 saturated carbocycles. The Labute approximate surface area is 105 Å². The molecule has 18 heavy (non-hydrogen) atoms. The van der Waals surface area contributed by atoms with Crippen molar-refractivity contribution in [1.82, 2.24) is 4.98 Å². The molecule has 0 atom stereocenters. The highest BCUT2D eigenvalue weighted by Crippen LogP contribution is 2.31. The Morgan fingerprint density at radius 2 is 1.83 bits per heavy atom. The van der Waals surface area contributed by atoms with E-state index in [1.165, 1.54) is 0 Å². The van der Waals surface area contributed by atoms with Crippen molar-refractivity contribution < 1.29 is 9.47 Å². The van der Waals surface area contributed by atoms with E-state index in [1.807, 2.05) is 30.3 Å². The number of methoxy groups -OCH3 is 2. The minimum Gasteiger partial charge on any atom is -0.493 e. The molecule has 0 unspecified atom stereocenters. The van der Waals surface area contributed by atoms with Crippen molar-refractivity contribution >= 4 is 0 Å². The first-order valence-corrected chi connectivity index (χ1v) is 5.38. The van der Waals surface area contributed by atoms with Gasteiger partial charge in [0.1, 0.15) is 11.8 Å². The topological polar surface area (TPSA) is 55.1 Å². The van der Waals surface area contributed by atoms with Crippen LogP contribution in [0, 0.1) is 11.3 Å². The van der Waals surface area contributed by atoms with E-state index in [1.54, 1.807) is 26.4 Å². The van der Waals surface area contributed by atoms with Crippen LogP contribution in [0.2, 0.25) is 0 Å². The van der Waals surface area contributed by atoms with Crippen LogP contribution >= 0.6 is 0 Å². The molecule has 0 N–H and O–H groups in total. The van der Waals surface area contributed by atoms with Crippen LogP contribution in [0.25, 0.3) is 11.3 Å². The maximum Gasteiger partial charge on any atom is 0.161 e. The predicted molar refractivity (Wildman–Crippen MR) is 67.5 cm³/mol. The third-order valence-electron chi connectivity index (χ3n) is 2.54. The van der Waals surface area contributed by atoms with Gasteiger partial charge in [-0.3, -0.25) is 0 Å². The normalized spacial score (nSPS) is 9.61. The summed E-state index contributed by atoms with van der Waals surface area (Å²) in [6, 6.07) is 12.9. The quantitative estimate of drug-likeness (QED) is 0.827. The molecule has 2 aromatic rings. The molecular formula is C14H12N2O2. The molecule has 0 radical (unpaired) electrons. The lowest BCUT2D eigenvalue weighted by Crippen LogP contribution is -1.92. The fourth-order valence-corrected chi connectivity index (χ4v) is 1.65. The molecule has 4 nitrogen and oxygen atoms in total. The zero-order chi connectivity index (χ0) is 13.0. The summed E-state index contributed by atoms with van der Waals surface area (Å²) in [6.45, 7) is 0. The Bertz CT molecular complexity index is 603. The Morgan fingerprint density at radius 3 is 2.50 bits per heavy atom. The lowest BCUT2D eigenvalue weighted by atomic mass is 10.1. The minimum absolute atomic E-state index is 0.391. The van der Waals surface area contributed by atoms with Gasteiger partial charge in [-0.25, -0.2) is 4.98 Å². The molecule has 1 aromatic heterocycles. The number of rotatable bonds is 3. The average molecular weight is 240 g/mol. The van der Waals surface area contributed by atoms with Crippen molar-refractivity contribution in [2.75, 3.05) is 14.2 Å². The number of hydrogen-bond acceptors (Lipinski definition) is 4. The van der Waals surface area contributed by atoms with Gasteiger partial charge in [-0.15, -0.1) is 0 Å². The molecule has 0 spiro atoms. The maximum absolute atomic E-state index is 8.83. The summed E-state index contributed by atoms with van der Waals surface area (Å²) >= 11 is 0. The van der Waals surface area contributed by atoms with Gasteiger partial charge in [0.2, 0.25) is 0 Å². The molecule has 0 bridgehead atoms. The molecule has 4 heteroatoms. The van der Waals surface area contributed by atoms with Gasteiger partial charge in [-0.1, -0.05) is 6.07 Å². The van der Waals surface area contributed by atoms with Crippen molar-refractivity contribution in [2.45, 2.75) is 0 Å². The van der Waals surface area contributed by atoms with Gasteiger partial charge in [0.05, 0.1) is 19.9 Å². The van der Waals surface area contributed by atoms with Gasteiger partial charge in [-0.05, 0) is 30.3 Å². The fraction of sp³-hybridized carbons (Fsp3) is 0.143. The van der Waals surface area contributed by atoms with Crippen LogP contribution in [0.3, 0.4) is 0 Å². The van der Waals surface area contributed by atoms with Crippen LogP contribution in [0.4, 0.5) is 0 Å². The van der Waals surface area contributed by atoms with E-state index < -0.39 is 0 Å². The fourth-order valence-electron chi connectivity index (χ4n) is 1.65. The van der Waals surface area contributed by atoms with Crippen LogP contribution in [0.15, 0.2) is 36.4 Å². The van der Waals surface area contributed by atoms with Gasteiger partial charge in [0.25, 0.3) is 0 Å². The molecule has 0 aliphatic carbocycles. The van der Waals surface area contributed by atoms with Crippen molar-refractivity contribution in [2.24, 2.45) is 0 Å². The first-order valence-electron chi connectivity index (χ1n) is 5.38. The number of nitrogens with zero attached hydrogens (tertiary/aromatic N) is 2. The number of benzene rings is 1. The van der Waals surface area contributed by atoms with E-state index in [0.29, 0.717) is 17.2 Å². The highest BCUT2D eigenvalue weighted by Gasteiger charge is 2.07. The van der Waals surface area contributed by atoms with Crippen molar-refractivity contribution in [3.63, 3.8) is 0 Å². The second-order valence-electron chi connectivity index (χ2n) is 3.59. The zero-order valence-corrected chi connectivity index (χ0v) is 10.2. The highest BCUT2D eigenvalue weighted by molar-refractivity contribution is 5.64. The predicted octanol–water partition coefficient (Wildman–Crippen LogP) is 2.64. The molecule has 0 aliphatic rings. The summed E-state index contributed by atoms with van der Waals surface area (Å²) < 4.78 is 10.4. The molecule has 2 rings (SSSR count). The van der Waals surface area contributed by atoms with E-state index in [2.05, 4.69) is 4.98 Å². The SMILES string of the molecule is COc1ccc(-c2cccc(C#N)n2)cc1OC. The van der Waals surface area contributed by atoms with Crippen molar-refractivity contribution in [1.29, 1.82) is 5.26 Å². The summed E-state index contributed by atoms with van der Waals surface area (Å²) in [4.78, 5) is 4.23. The van der Waals surface area contributed by atoms with Gasteiger partial charge < -0.3 is 9.47 Å². The molecule has 0 amide bonds. The number of hydrogen-bond donors (Lipinski definition) is 0. The van der Waals surface area contributed by atoms with Gasteiger partial charge in [0.15, 0.2) is 11.5 Å². The van der Waals surface area contributed by atoms with Gasteiger partial charge >= 0.3 is 0 Å². The van der Waals surface area contributed by atoms with Crippen LogP contribution in [-0.4, -0.2) is 19.2 Å². The van der Waals surface area contributed by atoms with Crippen LogP contribution in [0.5, 0.6) is 11.5 Å². The summed E-state index contributed by atoms with van der Waals surface area (Å²) in [5.41, 5.74) is 2.00. The number of pyridine rings is 1. The van der Waals surface area contributed by atoms with Crippen molar-refractivity contribution in [3.05, 3.63) is 42.1 Å². The van der Waals surface area contributed by atoms with E-state index in [-0.39, 0.29) is 0 Å². The van der Waals surface area contributed by atoms with E-state index in [0.717, 1.165) is 11.3 Å². The van der Waals surface area contributed by atoms with E-state index >= 15 is 0 Å². The average Bonchev–Trinajstić information content (AvgIpc) is 2.46. The molecule has 0 aliphatic heterocycles. The molecule has 1 aromatic carbocycles. The molecular weight excluding hydrogens is 228 g/mol. The largest absolute Gasteiger partial charge is 0.493 e. The lowest BCUT2D eigenvalue weighted by Gasteiger charge is -2.09. The van der Waals surface area contributed by atoms with E-state index in [9.17, 15) is 0 Å². The molecule has 90 valence electrons. The second kappa shape index (κ2) is 5.19. The standard InChI is InChI=1S/C14H12N2O2/c1-17-13-7-6-10(8-14(13)18-2)12-5-3-4-11(9-15)16-12/h3-8H,1-2H3. The smallest absolute Gasteiger partial charge is 0.161 e. The third-order valence-corrected chi connectivity index (χ3v) is 2.54. The maximum atomic E-state index is 8.83. The van der Waals surface area contributed by atoms with Crippen molar-refractivity contribution in [3.8, 4) is 28.8 Å². The Kier molecular flexibility index (Phi) is 3.44. The first kappa shape index (κ1) is 11.9.